The third-order valence-corrected chi connectivity index (χ3v) is 4.39. The molecule has 0 radical (unpaired) electrons. The smallest absolute Gasteiger partial charge is 0.354 e. The number of aromatic nitrogens is 2. The lowest BCUT2D eigenvalue weighted by molar-refractivity contribution is -0.115. The fourth-order valence-corrected chi connectivity index (χ4v) is 3.10. The second-order valence-corrected chi connectivity index (χ2v) is 6.27. The highest BCUT2D eigenvalue weighted by Crippen LogP contribution is 2.26. The largest absolute Gasteiger partial charge is 0.497 e. The molecular weight excluding hydrogens is 354 g/mol. The zero-order valence-electron chi connectivity index (χ0n) is 14.2. The first-order valence-electron chi connectivity index (χ1n) is 7.74. The van der Waals surface area contributed by atoms with Crippen LogP contribution in [0.25, 0.3) is 11.3 Å². The molecule has 0 aliphatic carbocycles. The Bertz CT molecular complexity index is 932. The van der Waals surface area contributed by atoms with Crippen LogP contribution in [0.2, 0.25) is 0 Å². The number of rotatable bonds is 6. The van der Waals surface area contributed by atoms with Gasteiger partial charge < -0.3 is 19.8 Å². The molecule has 26 heavy (non-hydrogen) atoms. The fourth-order valence-electron chi connectivity index (χ4n) is 2.37. The summed E-state index contributed by atoms with van der Waals surface area (Å²) in [5.74, 6) is 0.0995. The van der Waals surface area contributed by atoms with Gasteiger partial charge in [0.1, 0.15) is 11.4 Å². The first-order chi connectivity index (χ1) is 12.6. The summed E-state index contributed by atoms with van der Waals surface area (Å²) in [6.45, 7) is 0. The highest BCUT2D eigenvalue weighted by atomic mass is 32.1. The number of aromatic amines is 1. The van der Waals surface area contributed by atoms with Crippen molar-refractivity contribution in [2.45, 2.75) is 6.42 Å². The van der Waals surface area contributed by atoms with Crippen molar-refractivity contribution in [2.75, 3.05) is 19.5 Å². The summed E-state index contributed by atoms with van der Waals surface area (Å²) < 4.78 is 9.82. The number of nitrogens with zero attached hydrogens (tertiary/aromatic N) is 1. The summed E-state index contributed by atoms with van der Waals surface area (Å²) >= 11 is 1.32. The van der Waals surface area contributed by atoms with E-state index in [0.29, 0.717) is 22.3 Å². The summed E-state index contributed by atoms with van der Waals surface area (Å²) in [5.41, 5.74) is 2.61. The van der Waals surface area contributed by atoms with Crippen LogP contribution in [0, 0.1) is 0 Å². The predicted molar refractivity (Wildman–Crippen MR) is 98.6 cm³/mol. The van der Waals surface area contributed by atoms with Crippen molar-refractivity contribution in [1.29, 1.82) is 0 Å². The lowest BCUT2D eigenvalue weighted by Crippen LogP contribution is -2.14. The number of nitrogens with one attached hydrogen (secondary N) is 2. The van der Waals surface area contributed by atoms with Gasteiger partial charge in [-0.1, -0.05) is 12.1 Å². The Balaban J connectivity index is 1.65. The van der Waals surface area contributed by atoms with Gasteiger partial charge in [0.05, 0.1) is 26.3 Å². The van der Waals surface area contributed by atoms with Crippen LogP contribution in [0.1, 0.15) is 16.1 Å². The second-order valence-electron chi connectivity index (χ2n) is 5.41. The van der Waals surface area contributed by atoms with E-state index in [1.807, 2.05) is 29.6 Å². The summed E-state index contributed by atoms with van der Waals surface area (Å²) in [4.78, 5) is 30.9. The standard InChI is InChI=1S/C18H17N3O4S/c1-24-13-5-3-4-11(6-13)7-16(22)21-18-20-15(10-26-18)12-8-14(19-9-12)17(23)25-2/h3-6,8-10,19H,7H2,1-2H3,(H,20,21,22). The summed E-state index contributed by atoms with van der Waals surface area (Å²) in [5, 5.41) is 5.09. The van der Waals surface area contributed by atoms with Gasteiger partial charge >= 0.3 is 5.97 Å². The van der Waals surface area contributed by atoms with E-state index in [-0.39, 0.29) is 12.3 Å². The Morgan fingerprint density at radius 1 is 1.27 bits per heavy atom. The van der Waals surface area contributed by atoms with Gasteiger partial charge in [0.2, 0.25) is 5.91 Å². The molecule has 0 aliphatic heterocycles. The number of hydrogen-bond donors (Lipinski definition) is 2. The van der Waals surface area contributed by atoms with Crippen LogP contribution >= 0.6 is 11.3 Å². The topological polar surface area (TPSA) is 93.3 Å². The minimum atomic E-state index is -0.446. The van der Waals surface area contributed by atoms with Crippen molar-refractivity contribution in [3.8, 4) is 17.0 Å². The minimum Gasteiger partial charge on any atom is -0.497 e. The highest BCUT2D eigenvalue weighted by molar-refractivity contribution is 7.14. The maximum absolute atomic E-state index is 12.2. The van der Waals surface area contributed by atoms with Gasteiger partial charge in [-0.05, 0) is 23.8 Å². The quantitative estimate of drug-likeness (QED) is 0.650. The summed E-state index contributed by atoms with van der Waals surface area (Å²) in [6, 6.07) is 9.01. The van der Waals surface area contributed by atoms with Gasteiger partial charge in [-0.3, -0.25) is 4.79 Å². The van der Waals surface area contributed by atoms with E-state index in [4.69, 9.17) is 4.74 Å². The van der Waals surface area contributed by atoms with Crippen LogP contribution in [0.4, 0.5) is 5.13 Å². The van der Waals surface area contributed by atoms with Crippen LogP contribution in [0.15, 0.2) is 41.9 Å². The molecule has 134 valence electrons. The minimum absolute atomic E-state index is 0.163. The van der Waals surface area contributed by atoms with Gasteiger partial charge in [0, 0.05) is 17.1 Å². The van der Waals surface area contributed by atoms with E-state index in [1.165, 1.54) is 18.4 Å². The lowest BCUT2D eigenvalue weighted by atomic mass is 10.1. The average molecular weight is 371 g/mol. The van der Waals surface area contributed by atoms with Crippen molar-refractivity contribution >= 4 is 28.3 Å². The zero-order valence-corrected chi connectivity index (χ0v) is 15.1. The number of thiazole rings is 1. The van der Waals surface area contributed by atoms with Gasteiger partial charge in [-0.15, -0.1) is 11.3 Å². The van der Waals surface area contributed by atoms with E-state index >= 15 is 0 Å². The molecular formula is C18H17N3O4S. The van der Waals surface area contributed by atoms with Crippen LogP contribution in [0.5, 0.6) is 5.75 Å². The molecule has 2 aromatic heterocycles. The van der Waals surface area contributed by atoms with Crippen molar-refractivity contribution in [1.82, 2.24) is 9.97 Å². The molecule has 1 amide bonds. The molecule has 7 nitrogen and oxygen atoms in total. The third-order valence-electron chi connectivity index (χ3n) is 3.63. The second kappa shape index (κ2) is 7.83. The first kappa shape index (κ1) is 17.7. The number of ether oxygens (including phenoxy) is 2. The number of hydrogen-bond acceptors (Lipinski definition) is 6. The summed E-state index contributed by atoms with van der Waals surface area (Å²) in [7, 11) is 2.91. The molecule has 3 rings (SSSR count). The van der Waals surface area contributed by atoms with Crippen LogP contribution in [-0.4, -0.2) is 36.1 Å². The monoisotopic (exact) mass is 371 g/mol. The molecule has 1 aromatic carbocycles. The number of esters is 1. The maximum atomic E-state index is 12.2. The van der Waals surface area contributed by atoms with Gasteiger partial charge in [-0.25, -0.2) is 9.78 Å². The number of H-pyrrole nitrogens is 1. The molecule has 0 saturated carbocycles. The first-order valence-corrected chi connectivity index (χ1v) is 8.62. The van der Waals surface area contributed by atoms with Crippen molar-refractivity contribution in [2.24, 2.45) is 0 Å². The molecule has 0 spiro atoms. The van der Waals surface area contributed by atoms with Crippen LogP contribution in [-0.2, 0) is 16.0 Å². The van der Waals surface area contributed by atoms with E-state index in [9.17, 15) is 9.59 Å². The van der Waals surface area contributed by atoms with Gasteiger partial charge in [0.15, 0.2) is 5.13 Å². The van der Waals surface area contributed by atoms with Gasteiger partial charge in [0.25, 0.3) is 0 Å². The normalized spacial score (nSPS) is 10.4. The number of carbonyl (C=O) groups is 2. The maximum Gasteiger partial charge on any atom is 0.354 e. The SMILES string of the molecule is COC(=O)c1cc(-c2csc(NC(=O)Cc3cccc(OC)c3)n2)c[nH]1. The Kier molecular flexibility index (Phi) is 5.33. The molecule has 2 heterocycles. The van der Waals surface area contributed by atoms with Crippen LogP contribution < -0.4 is 10.1 Å². The van der Waals surface area contributed by atoms with E-state index in [2.05, 4.69) is 20.0 Å². The number of amides is 1. The Morgan fingerprint density at radius 3 is 2.88 bits per heavy atom. The Hall–Kier alpha value is -3.13. The van der Waals surface area contributed by atoms with Gasteiger partial charge in [-0.2, -0.15) is 0 Å². The highest BCUT2D eigenvalue weighted by Gasteiger charge is 2.13. The van der Waals surface area contributed by atoms with Crippen molar-refractivity contribution in [3.05, 3.63) is 53.2 Å². The van der Waals surface area contributed by atoms with E-state index in [1.54, 1.807) is 19.4 Å². The van der Waals surface area contributed by atoms with Crippen molar-refractivity contribution in [3.63, 3.8) is 0 Å². The number of methoxy groups -OCH3 is 2. The Morgan fingerprint density at radius 2 is 2.12 bits per heavy atom. The number of benzene rings is 1. The molecule has 0 aliphatic rings. The van der Waals surface area contributed by atoms with E-state index in [0.717, 1.165) is 11.1 Å². The average Bonchev–Trinajstić information content (AvgIpc) is 3.30. The van der Waals surface area contributed by atoms with E-state index < -0.39 is 5.97 Å². The molecule has 0 fully saturated rings. The molecule has 0 bridgehead atoms. The molecule has 3 aromatic rings. The molecule has 0 unspecified atom stereocenters. The molecule has 0 atom stereocenters. The predicted octanol–water partition coefficient (Wildman–Crippen LogP) is 3.11. The number of carbonyl (C=O) groups excluding carboxylic acids is 2. The molecule has 2 N–H and O–H groups in total. The molecule has 0 saturated heterocycles. The third kappa shape index (κ3) is 4.09. The zero-order chi connectivity index (χ0) is 18.5. The lowest BCUT2D eigenvalue weighted by Gasteiger charge is -2.04. The van der Waals surface area contributed by atoms with Crippen LogP contribution in [0.3, 0.4) is 0 Å². The van der Waals surface area contributed by atoms with Crippen molar-refractivity contribution < 1.29 is 19.1 Å². The molecule has 8 heteroatoms. The Labute approximate surface area is 154 Å². The number of anilines is 1. The summed E-state index contributed by atoms with van der Waals surface area (Å²) in [6.07, 6.45) is 1.89. The fraction of sp³-hybridized carbons (Fsp3) is 0.167.